The normalized spacial score (nSPS) is 14.1. The molecule has 2 N–H and O–H groups in total. The van der Waals surface area contributed by atoms with Crippen LogP contribution in [0.3, 0.4) is 0 Å². The average molecular weight is 411 g/mol. The molecule has 0 aliphatic heterocycles. The second-order valence-electron chi connectivity index (χ2n) is 6.39. The van der Waals surface area contributed by atoms with Crippen LogP contribution in [0.4, 0.5) is 5.69 Å². The number of anilines is 1. The van der Waals surface area contributed by atoms with Gasteiger partial charge in [0.05, 0.1) is 16.9 Å². The minimum Gasteiger partial charge on any atom is -0.482 e. The summed E-state index contributed by atoms with van der Waals surface area (Å²) in [7, 11) is 0. The molecule has 0 spiro atoms. The van der Waals surface area contributed by atoms with Crippen LogP contribution in [0.5, 0.6) is 5.75 Å². The van der Waals surface area contributed by atoms with Crippen molar-refractivity contribution in [1.82, 2.24) is 15.1 Å². The molecule has 3 rings (SSSR count). The van der Waals surface area contributed by atoms with Gasteiger partial charge in [-0.3, -0.25) is 14.3 Å². The van der Waals surface area contributed by atoms with E-state index in [9.17, 15) is 9.59 Å². The van der Waals surface area contributed by atoms with E-state index in [1.807, 2.05) is 0 Å². The standard InChI is InChI=1S/C18H20Cl2N4O3/c19-12-5-6-16(15(20)7-12)27-11-18(26)23-14-8-21-24(9-14)10-17(25)22-13-3-1-2-4-13/h5-9,13H,1-4,10-11H2,(H,22,25)(H,23,26). The average Bonchev–Trinajstić information content (AvgIpc) is 3.26. The number of halogens is 2. The van der Waals surface area contributed by atoms with Crippen molar-refractivity contribution in [2.24, 2.45) is 0 Å². The molecule has 2 aromatic rings. The van der Waals surface area contributed by atoms with Gasteiger partial charge >= 0.3 is 0 Å². The molecule has 1 aromatic heterocycles. The summed E-state index contributed by atoms with van der Waals surface area (Å²) in [4.78, 5) is 24.0. The zero-order valence-corrected chi connectivity index (χ0v) is 16.1. The molecule has 0 unspecified atom stereocenters. The number of amides is 2. The Kier molecular flexibility index (Phi) is 6.58. The Morgan fingerprint density at radius 1 is 1.22 bits per heavy atom. The van der Waals surface area contributed by atoms with E-state index in [2.05, 4.69) is 15.7 Å². The van der Waals surface area contributed by atoms with Gasteiger partial charge in [0.25, 0.3) is 5.91 Å². The summed E-state index contributed by atoms with van der Waals surface area (Å²) < 4.78 is 6.86. The van der Waals surface area contributed by atoms with Gasteiger partial charge in [-0.1, -0.05) is 36.0 Å². The third-order valence-electron chi connectivity index (χ3n) is 4.20. The summed E-state index contributed by atoms with van der Waals surface area (Å²) in [6.07, 6.45) is 7.46. The van der Waals surface area contributed by atoms with Crippen molar-refractivity contribution in [2.45, 2.75) is 38.3 Å². The van der Waals surface area contributed by atoms with Crippen molar-refractivity contribution in [3.63, 3.8) is 0 Å². The van der Waals surface area contributed by atoms with Crippen LogP contribution in [-0.2, 0) is 16.1 Å². The first-order valence-electron chi connectivity index (χ1n) is 8.69. The van der Waals surface area contributed by atoms with Crippen LogP contribution in [0, 0.1) is 0 Å². The number of aromatic nitrogens is 2. The summed E-state index contributed by atoms with van der Waals surface area (Å²) in [5, 5.41) is 10.6. The van der Waals surface area contributed by atoms with Crippen LogP contribution < -0.4 is 15.4 Å². The Labute approximate surface area is 167 Å². The monoisotopic (exact) mass is 410 g/mol. The van der Waals surface area contributed by atoms with Gasteiger partial charge in [-0.25, -0.2) is 0 Å². The summed E-state index contributed by atoms with van der Waals surface area (Å²) in [5.74, 6) is -0.0740. The second kappa shape index (κ2) is 9.10. The molecule has 144 valence electrons. The van der Waals surface area contributed by atoms with Crippen LogP contribution in [0.15, 0.2) is 30.6 Å². The van der Waals surface area contributed by atoms with Crippen LogP contribution in [0.2, 0.25) is 10.0 Å². The summed E-state index contributed by atoms with van der Waals surface area (Å²) >= 11 is 11.8. The lowest BCUT2D eigenvalue weighted by Gasteiger charge is -2.11. The lowest BCUT2D eigenvalue weighted by molar-refractivity contribution is -0.122. The van der Waals surface area contributed by atoms with E-state index in [-0.39, 0.29) is 31.0 Å². The maximum atomic E-state index is 12.0. The number of hydrogen-bond donors (Lipinski definition) is 2. The van der Waals surface area contributed by atoms with Gasteiger partial charge in [0.15, 0.2) is 6.61 Å². The number of carbonyl (C=O) groups excluding carboxylic acids is 2. The van der Waals surface area contributed by atoms with Crippen molar-refractivity contribution >= 4 is 40.7 Å². The first-order chi connectivity index (χ1) is 13.0. The summed E-state index contributed by atoms with van der Waals surface area (Å²) in [6.45, 7) is -0.0993. The van der Waals surface area contributed by atoms with Gasteiger partial charge < -0.3 is 15.4 Å². The van der Waals surface area contributed by atoms with Crippen LogP contribution >= 0.6 is 23.2 Å². The van der Waals surface area contributed by atoms with Crippen molar-refractivity contribution < 1.29 is 14.3 Å². The van der Waals surface area contributed by atoms with Crippen molar-refractivity contribution in [1.29, 1.82) is 0 Å². The molecule has 1 heterocycles. The fourth-order valence-electron chi connectivity index (χ4n) is 2.94. The predicted molar refractivity (Wildman–Crippen MR) is 103 cm³/mol. The molecular formula is C18H20Cl2N4O3. The number of nitrogens with zero attached hydrogens (tertiary/aromatic N) is 2. The fourth-order valence-corrected chi connectivity index (χ4v) is 3.40. The third kappa shape index (κ3) is 5.87. The molecule has 0 saturated heterocycles. The van der Waals surface area contributed by atoms with Gasteiger partial charge in [-0.2, -0.15) is 5.10 Å². The van der Waals surface area contributed by atoms with E-state index in [1.165, 1.54) is 16.9 Å². The SMILES string of the molecule is O=C(COc1ccc(Cl)cc1Cl)Nc1cnn(CC(=O)NC2CCCC2)c1. The number of carbonyl (C=O) groups is 2. The number of benzene rings is 1. The molecule has 1 aliphatic carbocycles. The first-order valence-corrected chi connectivity index (χ1v) is 9.45. The molecule has 0 radical (unpaired) electrons. The number of hydrogen-bond acceptors (Lipinski definition) is 4. The van der Waals surface area contributed by atoms with Gasteiger partial charge in [0.1, 0.15) is 12.3 Å². The maximum Gasteiger partial charge on any atom is 0.262 e. The Hall–Kier alpha value is -2.25. The molecule has 1 saturated carbocycles. The molecule has 1 aromatic carbocycles. The van der Waals surface area contributed by atoms with Gasteiger partial charge in [-0.15, -0.1) is 0 Å². The third-order valence-corrected chi connectivity index (χ3v) is 4.73. The minimum absolute atomic E-state index is 0.0800. The lowest BCUT2D eigenvalue weighted by Crippen LogP contribution is -2.35. The van der Waals surface area contributed by atoms with Crippen molar-refractivity contribution in [3.05, 3.63) is 40.6 Å². The summed E-state index contributed by atoms with van der Waals surface area (Å²) in [6, 6.07) is 5.03. The highest BCUT2D eigenvalue weighted by atomic mass is 35.5. The predicted octanol–water partition coefficient (Wildman–Crippen LogP) is 3.27. The van der Waals surface area contributed by atoms with Crippen LogP contribution in [-0.4, -0.2) is 34.2 Å². The maximum absolute atomic E-state index is 12.0. The number of nitrogens with one attached hydrogen (secondary N) is 2. The topological polar surface area (TPSA) is 85.2 Å². The zero-order chi connectivity index (χ0) is 19.2. The molecular weight excluding hydrogens is 391 g/mol. The summed E-state index contributed by atoms with van der Waals surface area (Å²) in [5.41, 5.74) is 0.486. The Morgan fingerprint density at radius 2 is 2.00 bits per heavy atom. The molecule has 0 bridgehead atoms. The van der Waals surface area contributed by atoms with E-state index in [0.29, 0.717) is 21.5 Å². The highest BCUT2D eigenvalue weighted by molar-refractivity contribution is 6.35. The molecule has 1 fully saturated rings. The van der Waals surface area contributed by atoms with Crippen LogP contribution in [0.25, 0.3) is 0 Å². The lowest BCUT2D eigenvalue weighted by atomic mass is 10.2. The highest BCUT2D eigenvalue weighted by Crippen LogP contribution is 2.27. The molecule has 9 heteroatoms. The zero-order valence-electron chi connectivity index (χ0n) is 14.6. The van der Waals surface area contributed by atoms with E-state index < -0.39 is 0 Å². The van der Waals surface area contributed by atoms with Crippen LogP contribution in [0.1, 0.15) is 25.7 Å². The second-order valence-corrected chi connectivity index (χ2v) is 7.23. The molecule has 1 aliphatic rings. The quantitative estimate of drug-likeness (QED) is 0.733. The Bertz CT molecular complexity index is 819. The largest absolute Gasteiger partial charge is 0.482 e. The minimum atomic E-state index is -0.365. The fraction of sp³-hybridized carbons (Fsp3) is 0.389. The van der Waals surface area contributed by atoms with E-state index in [4.69, 9.17) is 27.9 Å². The van der Waals surface area contributed by atoms with Gasteiger partial charge in [0.2, 0.25) is 5.91 Å². The van der Waals surface area contributed by atoms with E-state index in [0.717, 1.165) is 25.7 Å². The van der Waals surface area contributed by atoms with E-state index >= 15 is 0 Å². The van der Waals surface area contributed by atoms with Crippen molar-refractivity contribution in [3.8, 4) is 5.75 Å². The molecule has 27 heavy (non-hydrogen) atoms. The molecule has 7 nitrogen and oxygen atoms in total. The van der Waals surface area contributed by atoms with Gasteiger partial charge in [-0.05, 0) is 31.0 Å². The number of ether oxygens (including phenoxy) is 1. The smallest absolute Gasteiger partial charge is 0.262 e. The molecule has 0 atom stereocenters. The highest BCUT2D eigenvalue weighted by Gasteiger charge is 2.17. The Morgan fingerprint density at radius 3 is 2.74 bits per heavy atom. The Balaban J connectivity index is 1.45. The van der Waals surface area contributed by atoms with Gasteiger partial charge in [0, 0.05) is 17.3 Å². The molecule has 2 amide bonds. The first kappa shape index (κ1) is 19.5. The van der Waals surface area contributed by atoms with E-state index in [1.54, 1.807) is 18.3 Å². The van der Waals surface area contributed by atoms with Crippen molar-refractivity contribution in [2.75, 3.05) is 11.9 Å². The number of rotatable bonds is 7.